The molecule has 0 spiro atoms. The molecule has 0 bridgehead atoms. The highest BCUT2D eigenvalue weighted by molar-refractivity contribution is 6.34. The van der Waals surface area contributed by atoms with Gasteiger partial charge in [-0.1, -0.05) is 29.8 Å². The summed E-state index contributed by atoms with van der Waals surface area (Å²) in [5.41, 5.74) is 2.14. The Morgan fingerprint density at radius 2 is 1.86 bits per heavy atom. The summed E-state index contributed by atoms with van der Waals surface area (Å²) in [5, 5.41) is 14.4. The van der Waals surface area contributed by atoms with E-state index in [1.807, 2.05) is 0 Å². The second-order valence-corrected chi connectivity index (χ2v) is 8.75. The summed E-state index contributed by atoms with van der Waals surface area (Å²) in [5.74, 6) is -1.52. The van der Waals surface area contributed by atoms with Gasteiger partial charge in [-0.25, -0.2) is 9.18 Å². The van der Waals surface area contributed by atoms with Crippen molar-refractivity contribution in [2.24, 2.45) is 4.99 Å². The molecule has 0 aliphatic rings. The third-order valence-corrected chi connectivity index (χ3v) is 6.11. The lowest BCUT2D eigenvalue weighted by molar-refractivity contribution is 0.0600. The first-order valence-electron chi connectivity index (χ1n) is 11.0. The molecule has 0 N–H and O–H groups in total. The standard InChI is InChI=1S/C27H21ClFN5O3/c1-15-6-5-7-20(28)23(15)26(35)34-22-13-16(25(31-14-30)33(2)3)8-11-19(22)24(32-34)18-10-9-17(12-21(18)29)27(36)37-4/h5-13H,1-4H3. The van der Waals surface area contributed by atoms with Gasteiger partial charge in [-0.3, -0.25) is 4.79 Å². The fourth-order valence-corrected chi connectivity index (χ4v) is 4.34. The fourth-order valence-electron chi connectivity index (χ4n) is 4.04. The number of carbonyl (C=O) groups excluding carboxylic acids is 2. The van der Waals surface area contributed by atoms with Crippen molar-refractivity contribution in [1.82, 2.24) is 14.7 Å². The Balaban J connectivity index is 2.00. The van der Waals surface area contributed by atoms with Crippen LogP contribution < -0.4 is 0 Å². The van der Waals surface area contributed by atoms with E-state index in [-0.39, 0.29) is 27.4 Å². The van der Waals surface area contributed by atoms with Crippen molar-refractivity contribution in [2.45, 2.75) is 6.92 Å². The summed E-state index contributed by atoms with van der Waals surface area (Å²) in [7, 11) is 4.68. The largest absolute Gasteiger partial charge is 0.465 e. The molecular formula is C27H21ClFN5O3. The van der Waals surface area contributed by atoms with E-state index >= 15 is 4.39 Å². The molecule has 1 heterocycles. The van der Waals surface area contributed by atoms with Crippen LogP contribution in [0.4, 0.5) is 4.39 Å². The first-order chi connectivity index (χ1) is 17.7. The molecule has 0 unspecified atom stereocenters. The van der Waals surface area contributed by atoms with Crippen LogP contribution in [0.15, 0.2) is 59.6 Å². The number of hydrogen-bond acceptors (Lipinski definition) is 6. The van der Waals surface area contributed by atoms with Gasteiger partial charge in [0.2, 0.25) is 6.19 Å². The summed E-state index contributed by atoms with van der Waals surface area (Å²) in [4.78, 5) is 31.1. The normalized spacial score (nSPS) is 11.3. The van der Waals surface area contributed by atoms with Gasteiger partial charge in [0.05, 0.1) is 28.8 Å². The number of halogens is 2. The zero-order chi connectivity index (χ0) is 26.9. The minimum absolute atomic E-state index is 0.0425. The van der Waals surface area contributed by atoms with Crippen LogP contribution in [-0.4, -0.2) is 53.6 Å². The van der Waals surface area contributed by atoms with Crippen molar-refractivity contribution in [3.8, 4) is 17.5 Å². The van der Waals surface area contributed by atoms with E-state index in [0.717, 1.165) is 10.7 Å². The number of carbonyl (C=O) groups is 2. The number of aryl methyl sites for hydroxylation is 1. The van der Waals surface area contributed by atoms with Crippen LogP contribution in [0.25, 0.3) is 22.2 Å². The quantitative estimate of drug-likeness (QED) is 0.162. The van der Waals surface area contributed by atoms with E-state index < -0.39 is 17.7 Å². The van der Waals surface area contributed by atoms with E-state index in [1.165, 1.54) is 19.2 Å². The molecule has 0 amide bonds. The molecule has 3 aromatic carbocycles. The molecule has 4 rings (SSSR count). The number of ether oxygens (including phenoxy) is 1. The van der Waals surface area contributed by atoms with Crippen LogP contribution in [-0.2, 0) is 4.74 Å². The number of amidine groups is 1. The van der Waals surface area contributed by atoms with E-state index in [2.05, 4.69) is 14.8 Å². The minimum Gasteiger partial charge on any atom is -0.465 e. The molecule has 0 atom stereocenters. The van der Waals surface area contributed by atoms with Crippen molar-refractivity contribution in [2.75, 3.05) is 21.2 Å². The number of aromatic nitrogens is 2. The molecule has 4 aromatic rings. The maximum absolute atomic E-state index is 15.2. The van der Waals surface area contributed by atoms with Crippen LogP contribution in [0.3, 0.4) is 0 Å². The number of benzene rings is 3. The molecule has 0 fully saturated rings. The molecule has 37 heavy (non-hydrogen) atoms. The van der Waals surface area contributed by atoms with Crippen molar-refractivity contribution >= 4 is 40.2 Å². The summed E-state index contributed by atoms with van der Waals surface area (Å²) < 4.78 is 21.0. The van der Waals surface area contributed by atoms with Crippen LogP contribution in [0.1, 0.15) is 31.8 Å². The number of nitriles is 1. The van der Waals surface area contributed by atoms with Crippen molar-refractivity contribution in [3.05, 3.63) is 87.7 Å². The number of fused-ring (bicyclic) bond motifs is 1. The number of rotatable bonds is 4. The number of nitrogens with zero attached hydrogens (tertiary/aromatic N) is 5. The SMILES string of the molecule is COC(=O)c1ccc(-c2nn(C(=O)c3c(C)cccc3Cl)c3cc(C(=NC#N)N(C)C)ccc23)c(F)c1. The van der Waals surface area contributed by atoms with Gasteiger partial charge in [0.25, 0.3) is 5.91 Å². The van der Waals surface area contributed by atoms with Gasteiger partial charge in [-0.2, -0.15) is 20.0 Å². The molecule has 10 heteroatoms. The lowest BCUT2D eigenvalue weighted by Crippen LogP contribution is -2.23. The number of aliphatic imine (C=N–C) groups is 1. The molecule has 186 valence electrons. The summed E-state index contributed by atoms with van der Waals surface area (Å²) >= 11 is 6.37. The topological polar surface area (TPSA) is 101 Å². The van der Waals surface area contributed by atoms with E-state index in [0.29, 0.717) is 27.9 Å². The number of esters is 1. The van der Waals surface area contributed by atoms with Crippen LogP contribution >= 0.6 is 11.6 Å². The Hall–Kier alpha value is -4.55. The summed E-state index contributed by atoms with van der Waals surface area (Å²) in [6, 6.07) is 14.0. The number of methoxy groups -OCH3 is 1. The van der Waals surface area contributed by atoms with Crippen molar-refractivity contribution < 1.29 is 18.7 Å². The van der Waals surface area contributed by atoms with E-state index in [9.17, 15) is 9.59 Å². The average molecular weight is 518 g/mol. The Labute approximate surface area is 217 Å². The predicted octanol–water partition coefficient (Wildman–Crippen LogP) is 5.07. The average Bonchev–Trinajstić information content (AvgIpc) is 3.24. The lowest BCUT2D eigenvalue weighted by atomic mass is 10.0. The summed E-state index contributed by atoms with van der Waals surface area (Å²) in [6.45, 7) is 1.76. The smallest absolute Gasteiger partial charge is 0.337 e. The maximum atomic E-state index is 15.2. The molecule has 8 nitrogen and oxygen atoms in total. The van der Waals surface area contributed by atoms with Crippen molar-refractivity contribution in [1.29, 1.82) is 5.26 Å². The third kappa shape index (κ3) is 4.67. The lowest BCUT2D eigenvalue weighted by Gasteiger charge is -2.14. The van der Waals surface area contributed by atoms with Gasteiger partial charge in [0.1, 0.15) is 17.3 Å². The van der Waals surface area contributed by atoms with E-state index in [4.69, 9.17) is 16.9 Å². The number of hydrogen-bond donors (Lipinski definition) is 0. The van der Waals surface area contributed by atoms with Gasteiger partial charge in [-0.15, -0.1) is 0 Å². The van der Waals surface area contributed by atoms with Gasteiger partial charge in [0, 0.05) is 30.6 Å². The summed E-state index contributed by atoms with van der Waals surface area (Å²) in [6.07, 6.45) is 1.78. The molecule has 0 radical (unpaired) electrons. The molecule has 1 aromatic heterocycles. The first-order valence-corrected chi connectivity index (χ1v) is 11.4. The second-order valence-electron chi connectivity index (χ2n) is 8.35. The fraction of sp³-hybridized carbons (Fsp3) is 0.148. The molecule has 0 saturated carbocycles. The van der Waals surface area contributed by atoms with Crippen LogP contribution in [0, 0.1) is 24.2 Å². The predicted molar refractivity (Wildman–Crippen MR) is 138 cm³/mol. The van der Waals surface area contributed by atoms with Crippen molar-refractivity contribution in [3.63, 3.8) is 0 Å². The zero-order valence-electron chi connectivity index (χ0n) is 20.4. The van der Waals surface area contributed by atoms with Gasteiger partial charge in [0.15, 0.2) is 0 Å². The zero-order valence-corrected chi connectivity index (χ0v) is 21.2. The van der Waals surface area contributed by atoms with Crippen LogP contribution in [0.5, 0.6) is 0 Å². The minimum atomic E-state index is -0.708. The highest BCUT2D eigenvalue weighted by Crippen LogP contribution is 2.33. The maximum Gasteiger partial charge on any atom is 0.337 e. The highest BCUT2D eigenvalue weighted by Gasteiger charge is 2.24. The van der Waals surface area contributed by atoms with E-state index in [1.54, 1.807) is 68.5 Å². The molecular weight excluding hydrogens is 497 g/mol. The Bertz CT molecular complexity index is 1620. The van der Waals surface area contributed by atoms with Gasteiger partial charge in [-0.05, 0) is 48.9 Å². The van der Waals surface area contributed by atoms with Gasteiger partial charge < -0.3 is 9.64 Å². The second kappa shape index (κ2) is 10.2. The molecule has 0 aliphatic carbocycles. The Morgan fingerprint density at radius 3 is 2.49 bits per heavy atom. The monoisotopic (exact) mass is 517 g/mol. The third-order valence-electron chi connectivity index (χ3n) is 5.79. The highest BCUT2D eigenvalue weighted by atomic mass is 35.5. The molecule has 0 saturated heterocycles. The Morgan fingerprint density at radius 1 is 1.14 bits per heavy atom. The Kier molecular flexibility index (Phi) is 7.05. The van der Waals surface area contributed by atoms with Gasteiger partial charge >= 0.3 is 5.97 Å². The van der Waals surface area contributed by atoms with Crippen LogP contribution in [0.2, 0.25) is 5.02 Å². The molecule has 0 aliphatic heterocycles. The first kappa shape index (κ1) is 25.5.